The third-order valence-corrected chi connectivity index (χ3v) is 5.23. The number of anilines is 1. The predicted octanol–water partition coefficient (Wildman–Crippen LogP) is 2.22. The first-order chi connectivity index (χ1) is 12.7. The van der Waals surface area contributed by atoms with Gasteiger partial charge in [-0.3, -0.25) is 0 Å². The number of halogens is 1. The number of fused-ring (bicyclic) bond motifs is 4. The number of hydrogen-bond acceptors (Lipinski definition) is 1. The molecule has 0 radical (unpaired) electrons. The number of hydrogen-bond donors (Lipinski definition) is 1. The lowest BCUT2D eigenvalue weighted by atomic mass is 9.95. The molecule has 1 aromatic heterocycles. The maximum Gasteiger partial charge on any atom is 0.221 e. The maximum absolute atomic E-state index is 6.17. The molecule has 0 bridgehead atoms. The predicted molar refractivity (Wildman–Crippen MR) is 110 cm³/mol. The number of nitrogens with two attached hydrogens (primary N) is 1. The Morgan fingerprint density at radius 2 is 1.37 bits per heavy atom. The number of nitrogens with zero attached hydrogens (tertiary/aromatic N) is 1. The Bertz CT molecular complexity index is 1300. The summed E-state index contributed by atoms with van der Waals surface area (Å²) in [6, 6.07) is 29.8. The Labute approximate surface area is 164 Å². The zero-order chi connectivity index (χ0) is 17.7. The first-order valence-electron chi connectivity index (χ1n) is 8.82. The molecular formula is C24H19ClN2. The van der Waals surface area contributed by atoms with Crippen molar-refractivity contribution in [2.75, 3.05) is 5.73 Å². The Kier molecular flexibility index (Phi) is 4.21. The third-order valence-electron chi connectivity index (χ3n) is 5.23. The van der Waals surface area contributed by atoms with E-state index < -0.39 is 0 Å². The van der Waals surface area contributed by atoms with Gasteiger partial charge in [-0.25, -0.2) is 0 Å². The number of benzene rings is 4. The van der Waals surface area contributed by atoms with Crippen LogP contribution in [0.3, 0.4) is 0 Å². The van der Waals surface area contributed by atoms with Crippen LogP contribution in [0.25, 0.3) is 43.7 Å². The van der Waals surface area contributed by atoms with Gasteiger partial charge in [0.05, 0.1) is 16.3 Å². The summed E-state index contributed by atoms with van der Waals surface area (Å²) < 4.78 is 2.29. The van der Waals surface area contributed by atoms with Gasteiger partial charge in [0.25, 0.3) is 0 Å². The number of para-hydroxylation sites is 1. The van der Waals surface area contributed by atoms with E-state index in [1.807, 2.05) is 6.07 Å². The van der Waals surface area contributed by atoms with E-state index >= 15 is 0 Å². The van der Waals surface area contributed by atoms with Crippen molar-refractivity contribution in [3.05, 3.63) is 84.9 Å². The van der Waals surface area contributed by atoms with Gasteiger partial charge in [0, 0.05) is 17.1 Å². The fourth-order valence-corrected chi connectivity index (χ4v) is 4.05. The van der Waals surface area contributed by atoms with Crippen molar-refractivity contribution in [1.29, 1.82) is 0 Å². The maximum atomic E-state index is 6.17. The Morgan fingerprint density at radius 3 is 2.22 bits per heavy atom. The van der Waals surface area contributed by atoms with Gasteiger partial charge in [-0.2, -0.15) is 4.57 Å². The van der Waals surface area contributed by atoms with Crippen LogP contribution in [0.2, 0.25) is 0 Å². The lowest BCUT2D eigenvalue weighted by Gasteiger charge is -2.12. The van der Waals surface area contributed by atoms with Crippen LogP contribution >= 0.6 is 0 Å². The van der Waals surface area contributed by atoms with Gasteiger partial charge in [0.15, 0.2) is 0 Å². The number of pyridine rings is 1. The highest BCUT2D eigenvalue weighted by atomic mass is 35.5. The van der Waals surface area contributed by atoms with Crippen molar-refractivity contribution in [3.8, 4) is 11.3 Å². The Morgan fingerprint density at radius 1 is 0.667 bits per heavy atom. The zero-order valence-corrected chi connectivity index (χ0v) is 15.7. The second-order valence-electron chi connectivity index (χ2n) is 6.76. The molecule has 4 aromatic carbocycles. The molecule has 5 rings (SSSR count). The van der Waals surface area contributed by atoms with E-state index in [1.54, 1.807) is 0 Å². The summed E-state index contributed by atoms with van der Waals surface area (Å²) in [5, 5.41) is 6.16. The fourth-order valence-electron chi connectivity index (χ4n) is 4.05. The van der Waals surface area contributed by atoms with Gasteiger partial charge in [-0.15, -0.1) is 0 Å². The van der Waals surface area contributed by atoms with Gasteiger partial charge in [-0.1, -0.05) is 54.6 Å². The second-order valence-corrected chi connectivity index (χ2v) is 6.76. The summed E-state index contributed by atoms with van der Waals surface area (Å²) in [5.74, 6) is 0. The molecule has 1 heterocycles. The van der Waals surface area contributed by atoms with Gasteiger partial charge >= 0.3 is 0 Å². The summed E-state index contributed by atoms with van der Waals surface area (Å²) in [6.45, 7) is 0. The molecular weight excluding hydrogens is 352 g/mol. The standard InChI is InChI=1S/C24H19N2.ClH/c1-26-23-12-5-4-10-20(23)19-14-13-17(25)15-22(19)24(26)21-11-6-8-16-7-2-3-9-18(16)21;/h2-15H,25H2,1H3;1H/q+1;/p-1. The first kappa shape index (κ1) is 17.3. The third kappa shape index (κ3) is 2.61. The highest BCUT2D eigenvalue weighted by molar-refractivity contribution is 6.12. The van der Waals surface area contributed by atoms with Crippen LogP contribution in [-0.4, -0.2) is 0 Å². The minimum atomic E-state index is 0. The molecule has 0 aliphatic heterocycles. The summed E-state index contributed by atoms with van der Waals surface area (Å²) in [5.41, 5.74) is 10.6. The van der Waals surface area contributed by atoms with Gasteiger partial charge in [0.1, 0.15) is 7.05 Å². The molecule has 132 valence electrons. The molecule has 0 spiro atoms. The molecule has 0 aliphatic carbocycles. The Hall–Kier alpha value is -3.10. The lowest BCUT2D eigenvalue weighted by molar-refractivity contribution is -0.632. The van der Waals surface area contributed by atoms with Crippen molar-refractivity contribution < 1.29 is 17.0 Å². The molecule has 0 fully saturated rings. The van der Waals surface area contributed by atoms with E-state index in [0.29, 0.717) is 0 Å². The highest BCUT2D eigenvalue weighted by Gasteiger charge is 2.21. The number of aromatic nitrogens is 1. The number of rotatable bonds is 1. The summed E-state index contributed by atoms with van der Waals surface area (Å²) >= 11 is 0. The molecule has 0 saturated carbocycles. The van der Waals surface area contributed by atoms with E-state index in [2.05, 4.69) is 90.5 Å². The van der Waals surface area contributed by atoms with Crippen molar-refractivity contribution in [2.45, 2.75) is 0 Å². The van der Waals surface area contributed by atoms with Crippen LogP contribution in [-0.2, 0) is 7.05 Å². The van der Waals surface area contributed by atoms with Gasteiger partial charge in [0.2, 0.25) is 11.2 Å². The van der Waals surface area contributed by atoms with Crippen LogP contribution < -0.4 is 22.7 Å². The quantitative estimate of drug-likeness (QED) is 0.274. The van der Waals surface area contributed by atoms with E-state index in [0.717, 1.165) is 5.69 Å². The molecule has 3 heteroatoms. The molecule has 0 saturated heterocycles. The highest BCUT2D eigenvalue weighted by Crippen LogP contribution is 2.35. The van der Waals surface area contributed by atoms with Crippen molar-refractivity contribution in [1.82, 2.24) is 0 Å². The van der Waals surface area contributed by atoms with Crippen LogP contribution in [0.15, 0.2) is 84.9 Å². The smallest absolute Gasteiger partial charge is 0.221 e. The number of aryl methyl sites for hydroxylation is 1. The van der Waals surface area contributed by atoms with E-state index in [1.165, 1.54) is 43.7 Å². The minimum absolute atomic E-state index is 0. The molecule has 0 unspecified atom stereocenters. The minimum Gasteiger partial charge on any atom is -1.00 e. The van der Waals surface area contributed by atoms with Crippen LogP contribution in [0.4, 0.5) is 5.69 Å². The molecule has 2 nitrogen and oxygen atoms in total. The van der Waals surface area contributed by atoms with Crippen LogP contribution in [0, 0.1) is 0 Å². The van der Waals surface area contributed by atoms with Gasteiger partial charge < -0.3 is 18.1 Å². The average molecular weight is 371 g/mol. The summed E-state index contributed by atoms with van der Waals surface area (Å²) in [4.78, 5) is 0. The number of nitrogen functional groups attached to an aromatic ring is 1. The summed E-state index contributed by atoms with van der Waals surface area (Å²) in [6.07, 6.45) is 0. The topological polar surface area (TPSA) is 29.9 Å². The Balaban J connectivity index is 0.00000180. The first-order valence-corrected chi connectivity index (χ1v) is 8.82. The van der Waals surface area contributed by atoms with Crippen LogP contribution in [0.5, 0.6) is 0 Å². The lowest BCUT2D eigenvalue weighted by Crippen LogP contribution is -3.00. The van der Waals surface area contributed by atoms with E-state index in [-0.39, 0.29) is 12.4 Å². The molecule has 27 heavy (non-hydrogen) atoms. The molecule has 5 aromatic rings. The van der Waals surface area contributed by atoms with E-state index in [4.69, 9.17) is 5.73 Å². The summed E-state index contributed by atoms with van der Waals surface area (Å²) in [7, 11) is 2.14. The van der Waals surface area contributed by atoms with Crippen molar-refractivity contribution in [2.24, 2.45) is 7.05 Å². The normalized spacial score (nSPS) is 11.0. The zero-order valence-electron chi connectivity index (χ0n) is 15.0. The SMILES string of the molecule is C[n+]1c(-c2cccc3ccccc23)c2cc(N)ccc2c2ccccc21.[Cl-]. The molecule has 0 amide bonds. The average Bonchev–Trinajstić information content (AvgIpc) is 2.68. The van der Waals surface area contributed by atoms with Crippen molar-refractivity contribution >= 4 is 38.1 Å². The second kappa shape index (κ2) is 6.57. The van der Waals surface area contributed by atoms with Gasteiger partial charge in [-0.05, 0) is 35.0 Å². The monoisotopic (exact) mass is 370 g/mol. The molecule has 0 atom stereocenters. The largest absolute Gasteiger partial charge is 1.00 e. The van der Waals surface area contributed by atoms with E-state index in [9.17, 15) is 0 Å². The molecule has 2 N–H and O–H groups in total. The van der Waals surface area contributed by atoms with Crippen molar-refractivity contribution in [3.63, 3.8) is 0 Å². The molecule has 0 aliphatic rings. The van der Waals surface area contributed by atoms with Crippen LogP contribution in [0.1, 0.15) is 0 Å². The fraction of sp³-hybridized carbons (Fsp3) is 0.0417.